The molecule has 1 aromatic carbocycles. The maximum absolute atomic E-state index is 10.9. The zero-order chi connectivity index (χ0) is 15.1. The number of benzene rings is 1. The largest absolute Gasteiger partial charge is 0.446 e. The highest BCUT2D eigenvalue weighted by Gasteiger charge is 2.24. The van der Waals surface area contributed by atoms with Crippen LogP contribution in [0, 0.1) is 0 Å². The molecule has 108 valence electrons. The van der Waals surface area contributed by atoms with Crippen molar-refractivity contribution in [3.8, 4) is 5.75 Å². The average molecular weight is 286 g/mol. The highest BCUT2D eigenvalue weighted by molar-refractivity contribution is 7.81. The maximum Gasteiger partial charge on any atom is 0.446 e. The second kappa shape index (κ2) is 4.80. The fraction of sp³-hybridized carbons (Fsp3) is 0.571. The van der Waals surface area contributed by atoms with E-state index in [0.29, 0.717) is 0 Å². The van der Waals surface area contributed by atoms with Crippen molar-refractivity contribution >= 4 is 10.4 Å². The lowest BCUT2D eigenvalue weighted by Gasteiger charge is -2.26. The highest BCUT2D eigenvalue weighted by atomic mass is 32.3. The highest BCUT2D eigenvalue weighted by Crippen LogP contribution is 2.35. The molecule has 0 aromatic heterocycles. The molecule has 0 saturated heterocycles. The van der Waals surface area contributed by atoms with Crippen LogP contribution in [0.25, 0.3) is 0 Å². The molecule has 0 saturated carbocycles. The summed E-state index contributed by atoms with van der Waals surface area (Å²) in [6, 6.07) is 5.34. The minimum absolute atomic E-state index is 0.0450. The zero-order valence-electron chi connectivity index (χ0n) is 12.3. The molecule has 5 heteroatoms. The molecule has 1 N–H and O–H groups in total. The van der Waals surface area contributed by atoms with Gasteiger partial charge in [-0.25, -0.2) is 0 Å². The van der Waals surface area contributed by atoms with Gasteiger partial charge in [0.2, 0.25) is 0 Å². The summed E-state index contributed by atoms with van der Waals surface area (Å²) in [4.78, 5) is 0. The van der Waals surface area contributed by atoms with Crippen molar-refractivity contribution in [3.63, 3.8) is 0 Å². The predicted octanol–water partition coefficient (Wildman–Crippen LogP) is 3.46. The Morgan fingerprint density at radius 2 is 1.53 bits per heavy atom. The van der Waals surface area contributed by atoms with Gasteiger partial charge in [-0.15, -0.1) is 0 Å². The second-order valence-electron chi connectivity index (χ2n) is 6.72. The van der Waals surface area contributed by atoms with Crippen molar-refractivity contribution in [2.24, 2.45) is 0 Å². The second-order valence-corrected chi connectivity index (χ2v) is 7.74. The van der Waals surface area contributed by atoms with E-state index in [0.717, 1.165) is 11.1 Å². The first-order chi connectivity index (χ1) is 8.31. The van der Waals surface area contributed by atoms with Crippen molar-refractivity contribution in [2.75, 3.05) is 0 Å². The summed E-state index contributed by atoms with van der Waals surface area (Å²) in [6.07, 6.45) is 0. The van der Waals surface area contributed by atoms with Crippen molar-refractivity contribution in [3.05, 3.63) is 29.3 Å². The smallest absolute Gasteiger partial charge is 0.361 e. The molecule has 0 amide bonds. The molecule has 0 aliphatic carbocycles. The Morgan fingerprint density at radius 3 is 1.89 bits per heavy atom. The quantitative estimate of drug-likeness (QED) is 0.846. The van der Waals surface area contributed by atoms with Crippen LogP contribution in [0.15, 0.2) is 18.2 Å². The minimum Gasteiger partial charge on any atom is -0.361 e. The Bertz CT molecular complexity index is 560. The zero-order valence-corrected chi connectivity index (χ0v) is 13.1. The fourth-order valence-electron chi connectivity index (χ4n) is 1.77. The van der Waals surface area contributed by atoms with E-state index in [2.05, 4.69) is 25.0 Å². The summed E-state index contributed by atoms with van der Waals surface area (Å²) in [6.45, 7) is 12.1. The molecular formula is C14H22O4S. The molecule has 0 spiro atoms. The van der Waals surface area contributed by atoms with E-state index in [9.17, 15) is 8.42 Å². The van der Waals surface area contributed by atoms with Gasteiger partial charge >= 0.3 is 10.4 Å². The van der Waals surface area contributed by atoms with Gasteiger partial charge in [0.05, 0.1) is 0 Å². The lowest BCUT2D eigenvalue weighted by atomic mass is 9.80. The van der Waals surface area contributed by atoms with Gasteiger partial charge in [-0.3, -0.25) is 4.55 Å². The van der Waals surface area contributed by atoms with Crippen molar-refractivity contribution < 1.29 is 17.2 Å². The third kappa shape index (κ3) is 4.51. The third-order valence-electron chi connectivity index (χ3n) is 2.85. The van der Waals surface area contributed by atoms with Gasteiger partial charge in [-0.1, -0.05) is 53.7 Å². The van der Waals surface area contributed by atoms with Crippen molar-refractivity contribution in [2.45, 2.75) is 52.4 Å². The SMILES string of the molecule is CC(C)(C)c1ccc(OS(=O)(=O)O)c(C(C)(C)C)c1. The Kier molecular flexibility index (Phi) is 4.04. The van der Waals surface area contributed by atoms with E-state index in [1.165, 1.54) is 0 Å². The molecule has 0 unspecified atom stereocenters. The summed E-state index contributed by atoms with van der Waals surface area (Å²) < 4.78 is 35.3. The molecule has 0 aliphatic rings. The monoisotopic (exact) mass is 286 g/mol. The molecule has 0 atom stereocenters. The first-order valence-electron chi connectivity index (χ1n) is 6.12. The summed E-state index contributed by atoms with van der Waals surface area (Å²) in [5, 5.41) is 0. The van der Waals surface area contributed by atoms with Crippen molar-refractivity contribution in [1.82, 2.24) is 0 Å². The van der Waals surface area contributed by atoms with Crippen LogP contribution >= 0.6 is 0 Å². The Morgan fingerprint density at radius 1 is 1.00 bits per heavy atom. The van der Waals surface area contributed by atoms with E-state index in [1.807, 2.05) is 32.9 Å². The van der Waals surface area contributed by atoms with Gasteiger partial charge in [-0.05, 0) is 22.5 Å². The molecule has 1 aromatic rings. The molecule has 1 rings (SSSR count). The molecule has 0 aliphatic heterocycles. The number of rotatable bonds is 2. The van der Waals surface area contributed by atoms with Crippen LogP contribution in [0.5, 0.6) is 5.75 Å². The van der Waals surface area contributed by atoms with Crippen molar-refractivity contribution in [1.29, 1.82) is 0 Å². The molecule has 0 bridgehead atoms. The summed E-state index contributed by atoms with van der Waals surface area (Å²) in [5.74, 6) is 0.169. The molecule has 0 fully saturated rings. The van der Waals surface area contributed by atoms with E-state index < -0.39 is 10.4 Å². The van der Waals surface area contributed by atoms with Gasteiger partial charge in [0.25, 0.3) is 0 Å². The van der Waals surface area contributed by atoms with E-state index in [-0.39, 0.29) is 16.6 Å². The maximum atomic E-state index is 10.9. The molecule has 19 heavy (non-hydrogen) atoms. The normalized spacial score (nSPS) is 13.4. The lowest BCUT2D eigenvalue weighted by molar-refractivity contribution is 0.381. The molecule has 0 heterocycles. The standard InChI is InChI=1S/C14H22O4S/c1-13(2,3)10-7-8-12(18-19(15,16)17)11(9-10)14(4,5)6/h7-9H,1-6H3,(H,15,16,17). The Balaban J connectivity index is 3.42. The van der Waals surface area contributed by atoms with Gasteiger partial charge in [0.15, 0.2) is 0 Å². The lowest BCUT2D eigenvalue weighted by Crippen LogP contribution is -2.19. The van der Waals surface area contributed by atoms with Gasteiger partial charge in [-0.2, -0.15) is 8.42 Å². The molecule has 4 nitrogen and oxygen atoms in total. The van der Waals surface area contributed by atoms with Gasteiger partial charge in [0.1, 0.15) is 5.75 Å². The first-order valence-corrected chi connectivity index (χ1v) is 7.49. The third-order valence-corrected chi connectivity index (χ3v) is 3.24. The topological polar surface area (TPSA) is 63.6 Å². The van der Waals surface area contributed by atoms with Crippen LogP contribution in [0.4, 0.5) is 0 Å². The molecule has 0 radical (unpaired) electrons. The average Bonchev–Trinajstić information content (AvgIpc) is 2.11. The van der Waals surface area contributed by atoms with E-state index in [1.54, 1.807) is 6.07 Å². The summed E-state index contributed by atoms with van der Waals surface area (Å²) in [5.41, 5.74) is 1.50. The first kappa shape index (κ1) is 16.0. The van der Waals surface area contributed by atoms with Gasteiger partial charge < -0.3 is 4.18 Å². The van der Waals surface area contributed by atoms with E-state index in [4.69, 9.17) is 4.55 Å². The van der Waals surface area contributed by atoms with Crippen LogP contribution in [0.2, 0.25) is 0 Å². The van der Waals surface area contributed by atoms with Gasteiger partial charge in [0, 0.05) is 5.56 Å². The van der Waals surface area contributed by atoms with E-state index >= 15 is 0 Å². The summed E-state index contributed by atoms with van der Waals surface area (Å²) >= 11 is 0. The van der Waals surface area contributed by atoms with Crippen LogP contribution in [-0.4, -0.2) is 13.0 Å². The predicted molar refractivity (Wildman–Crippen MR) is 76.0 cm³/mol. The number of hydrogen-bond acceptors (Lipinski definition) is 3. The molecular weight excluding hydrogens is 264 g/mol. The van der Waals surface area contributed by atoms with Crippen LogP contribution < -0.4 is 4.18 Å². The fourth-order valence-corrected chi connectivity index (χ4v) is 2.14. The number of hydrogen-bond donors (Lipinski definition) is 1. The van der Waals surface area contributed by atoms with Crippen LogP contribution in [0.3, 0.4) is 0 Å². The van der Waals surface area contributed by atoms with Crippen LogP contribution in [0.1, 0.15) is 52.7 Å². The summed E-state index contributed by atoms with van der Waals surface area (Å²) in [7, 11) is -4.51. The Hall–Kier alpha value is -1.07. The minimum atomic E-state index is -4.51. The Labute approximate surface area is 115 Å². The van der Waals surface area contributed by atoms with Crippen LogP contribution in [-0.2, 0) is 21.2 Å².